The second kappa shape index (κ2) is 8.54. The van der Waals surface area contributed by atoms with Gasteiger partial charge in [0, 0.05) is 50.2 Å². The maximum Gasteiger partial charge on any atom is 0.315 e. The number of pyridine rings is 1. The number of quaternary nitrogens is 1. The van der Waals surface area contributed by atoms with Gasteiger partial charge in [0.15, 0.2) is 0 Å². The van der Waals surface area contributed by atoms with E-state index in [-0.39, 0.29) is 29.0 Å². The van der Waals surface area contributed by atoms with Crippen molar-refractivity contribution in [3.05, 3.63) is 73.8 Å². The normalized spacial score (nSPS) is 20.5. The minimum atomic E-state index is -1.22. The molecule has 3 N–H and O–H groups in total. The predicted octanol–water partition coefficient (Wildman–Crippen LogP) is 0.457. The Bertz CT molecular complexity index is 1330. The van der Waals surface area contributed by atoms with Crippen LogP contribution in [0.15, 0.2) is 46.0 Å². The van der Waals surface area contributed by atoms with Gasteiger partial charge in [-0.25, -0.2) is 10.2 Å². The summed E-state index contributed by atoms with van der Waals surface area (Å²) in [6.45, 7) is 1.51. The second-order valence-corrected chi connectivity index (χ2v) is 8.87. The molecule has 1 unspecified atom stereocenters. The van der Waals surface area contributed by atoms with Crippen LogP contribution in [0, 0.1) is 11.1 Å². The number of hydrogen-bond acceptors (Lipinski definition) is 6. The fraction of sp³-hybridized carbons (Fsp3) is 0.391. The van der Waals surface area contributed by atoms with Crippen molar-refractivity contribution >= 4 is 22.5 Å². The third kappa shape index (κ3) is 4.08. The summed E-state index contributed by atoms with van der Waals surface area (Å²) in [5, 5.41) is 19.8. The molecule has 2 bridgehead atoms. The zero-order valence-electron chi connectivity index (χ0n) is 18.0. The van der Waals surface area contributed by atoms with Crippen LogP contribution in [0.1, 0.15) is 36.7 Å². The third-order valence-corrected chi connectivity index (χ3v) is 6.65. The standard InChI is InChI=1S/C23H25N5O5/c29-21(7-3-6-20-24-17-5-2-1-4-16(17)22(30)25-20)26-11-14-10-15(13-26)18-8-9-19(28(32)33)23(31)27(18)12-14/h1-2,4-5,8-9,14-15,28,32H,3,6-7,10-13H2,(H,24,25,30)/t14-,15-/m0/s1. The van der Waals surface area contributed by atoms with E-state index in [2.05, 4.69) is 9.97 Å². The van der Waals surface area contributed by atoms with Crippen molar-refractivity contribution in [1.29, 1.82) is 0 Å². The van der Waals surface area contributed by atoms with Gasteiger partial charge in [-0.15, -0.1) is 0 Å². The molecule has 5 rings (SSSR count). The molecule has 3 atom stereocenters. The number of aromatic amines is 1. The van der Waals surface area contributed by atoms with Crippen LogP contribution in [-0.2, 0) is 17.8 Å². The number of H-pyrrole nitrogens is 1. The number of nitrogens with one attached hydrogen (secondary N) is 2. The van der Waals surface area contributed by atoms with Gasteiger partial charge in [0.1, 0.15) is 5.82 Å². The molecule has 3 aromatic rings. The molecule has 0 aliphatic carbocycles. The van der Waals surface area contributed by atoms with Crippen LogP contribution >= 0.6 is 0 Å². The first kappa shape index (κ1) is 21.5. The molecule has 0 spiro atoms. The van der Waals surface area contributed by atoms with Crippen LogP contribution in [0.5, 0.6) is 0 Å². The number of aromatic nitrogens is 3. The number of nitrogens with zero attached hydrogens (tertiary/aromatic N) is 3. The molecule has 172 valence electrons. The Kier molecular flexibility index (Phi) is 5.57. The number of hydrogen-bond donors (Lipinski definition) is 3. The number of benzene rings is 1. The first-order valence-electron chi connectivity index (χ1n) is 11.1. The molecular formula is C23H25N5O5. The third-order valence-electron chi connectivity index (χ3n) is 6.65. The Labute approximate surface area is 188 Å². The summed E-state index contributed by atoms with van der Waals surface area (Å²) in [5.41, 5.74) is 0.590. The Morgan fingerprint density at radius 1 is 1.18 bits per heavy atom. The monoisotopic (exact) mass is 451 g/mol. The number of piperidine rings is 1. The molecule has 0 radical (unpaired) electrons. The minimum absolute atomic E-state index is 0.0236. The highest BCUT2D eigenvalue weighted by Gasteiger charge is 2.37. The van der Waals surface area contributed by atoms with E-state index in [1.54, 1.807) is 28.8 Å². The molecule has 10 heteroatoms. The highest BCUT2D eigenvalue weighted by atomic mass is 16.8. The number of amides is 1. The lowest BCUT2D eigenvalue weighted by molar-refractivity contribution is -0.992. The number of rotatable bonds is 5. The topological polar surface area (TPSA) is 136 Å². The van der Waals surface area contributed by atoms with E-state index < -0.39 is 10.8 Å². The van der Waals surface area contributed by atoms with Crippen molar-refractivity contribution < 1.29 is 15.2 Å². The van der Waals surface area contributed by atoms with Crippen LogP contribution < -0.4 is 16.3 Å². The molecule has 10 nitrogen and oxygen atoms in total. The molecule has 1 aromatic carbocycles. The first-order valence-corrected chi connectivity index (χ1v) is 11.1. The molecule has 2 aromatic heterocycles. The van der Waals surface area contributed by atoms with Crippen LogP contribution in [-0.4, -0.2) is 43.6 Å². The summed E-state index contributed by atoms with van der Waals surface area (Å²) in [4.78, 5) is 46.8. The van der Waals surface area contributed by atoms with E-state index in [1.165, 1.54) is 6.07 Å². The number of para-hydroxylation sites is 1. The van der Waals surface area contributed by atoms with Crippen molar-refractivity contribution in [2.24, 2.45) is 5.92 Å². The maximum absolute atomic E-state index is 12.9. The van der Waals surface area contributed by atoms with Crippen LogP contribution in [0.3, 0.4) is 0 Å². The summed E-state index contributed by atoms with van der Waals surface area (Å²) >= 11 is 0. The summed E-state index contributed by atoms with van der Waals surface area (Å²) in [7, 11) is 0. The molecule has 2 aliphatic heterocycles. The summed E-state index contributed by atoms with van der Waals surface area (Å²) in [6.07, 6.45) is 2.31. The smallest absolute Gasteiger partial charge is 0.315 e. The molecule has 0 saturated carbocycles. The van der Waals surface area contributed by atoms with Crippen molar-refractivity contribution in [1.82, 2.24) is 19.4 Å². The summed E-state index contributed by atoms with van der Waals surface area (Å²) in [5.74, 6) is 0.770. The van der Waals surface area contributed by atoms with Crippen molar-refractivity contribution in [3.63, 3.8) is 0 Å². The van der Waals surface area contributed by atoms with Gasteiger partial charge < -0.3 is 19.7 Å². The van der Waals surface area contributed by atoms with E-state index >= 15 is 0 Å². The lowest BCUT2D eigenvalue weighted by atomic mass is 9.83. The zero-order valence-corrected chi connectivity index (χ0v) is 18.0. The molecule has 1 amide bonds. The summed E-state index contributed by atoms with van der Waals surface area (Å²) < 4.78 is 1.58. The average Bonchev–Trinajstić information content (AvgIpc) is 2.79. The zero-order chi connectivity index (χ0) is 23.1. The Morgan fingerprint density at radius 2 is 2.00 bits per heavy atom. The van der Waals surface area contributed by atoms with Gasteiger partial charge >= 0.3 is 5.56 Å². The van der Waals surface area contributed by atoms with Crippen LogP contribution in [0.25, 0.3) is 10.9 Å². The highest BCUT2D eigenvalue weighted by molar-refractivity contribution is 5.77. The van der Waals surface area contributed by atoms with Gasteiger partial charge in [0.2, 0.25) is 11.6 Å². The van der Waals surface area contributed by atoms with E-state index in [9.17, 15) is 24.8 Å². The van der Waals surface area contributed by atoms with E-state index in [0.29, 0.717) is 55.6 Å². The lowest BCUT2D eigenvalue weighted by Crippen LogP contribution is -3.00. The van der Waals surface area contributed by atoms with E-state index in [1.807, 2.05) is 11.0 Å². The van der Waals surface area contributed by atoms with Gasteiger partial charge in [-0.3, -0.25) is 14.4 Å². The minimum Gasteiger partial charge on any atom is -0.595 e. The molecule has 2 aliphatic rings. The fourth-order valence-electron chi connectivity index (χ4n) is 5.13. The highest BCUT2D eigenvalue weighted by Crippen LogP contribution is 2.35. The van der Waals surface area contributed by atoms with Gasteiger partial charge in [0.25, 0.3) is 5.56 Å². The maximum atomic E-state index is 12.9. The first-order chi connectivity index (χ1) is 15.9. The predicted molar refractivity (Wildman–Crippen MR) is 119 cm³/mol. The summed E-state index contributed by atoms with van der Waals surface area (Å²) in [6, 6.07) is 10.2. The van der Waals surface area contributed by atoms with Crippen molar-refractivity contribution in [2.75, 3.05) is 13.1 Å². The van der Waals surface area contributed by atoms with Crippen molar-refractivity contribution in [3.8, 4) is 0 Å². The van der Waals surface area contributed by atoms with Gasteiger partial charge in [-0.2, -0.15) is 5.23 Å². The van der Waals surface area contributed by atoms with Gasteiger partial charge in [-0.1, -0.05) is 12.1 Å². The quantitative estimate of drug-likeness (QED) is 0.482. The Balaban J connectivity index is 1.24. The SMILES string of the molecule is O=C(CCCc1nc2ccccc2c(=O)[nH]1)N1C[C@@H]2C[C@@H](C1)c1ccc([NH+]([O-])O)c(=O)n1C2. The van der Waals surface area contributed by atoms with Crippen molar-refractivity contribution in [2.45, 2.75) is 38.1 Å². The van der Waals surface area contributed by atoms with E-state index in [4.69, 9.17) is 0 Å². The molecule has 1 fully saturated rings. The Morgan fingerprint density at radius 3 is 2.82 bits per heavy atom. The molecular weight excluding hydrogens is 426 g/mol. The molecule has 4 heterocycles. The number of likely N-dealkylation sites (tertiary alicyclic amines) is 1. The second-order valence-electron chi connectivity index (χ2n) is 8.87. The number of carbonyl (C=O) groups is 1. The van der Waals surface area contributed by atoms with Crippen LogP contribution in [0.2, 0.25) is 0 Å². The largest absolute Gasteiger partial charge is 0.595 e. The number of fused-ring (bicyclic) bond motifs is 5. The Hall–Kier alpha value is -3.34. The molecule has 33 heavy (non-hydrogen) atoms. The number of aryl methyl sites for hydroxylation is 1. The molecule has 1 saturated heterocycles. The van der Waals surface area contributed by atoms with Gasteiger partial charge in [0.05, 0.1) is 10.9 Å². The average molecular weight is 451 g/mol. The fourth-order valence-corrected chi connectivity index (χ4v) is 5.13. The lowest BCUT2D eigenvalue weighted by Gasteiger charge is -2.43. The van der Waals surface area contributed by atoms with E-state index in [0.717, 1.165) is 12.1 Å². The number of carbonyl (C=O) groups excluding carboxylic acids is 1. The van der Waals surface area contributed by atoms with Crippen LogP contribution in [0.4, 0.5) is 5.69 Å². The van der Waals surface area contributed by atoms with Gasteiger partial charge in [-0.05, 0) is 37.0 Å².